The van der Waals surface area contributed by atoms with Crippen molar-refractivity contribution < 1.29 is 17.6 Å². The van der Waals surface area contributed by atoms with Crippen molar-refractivity contribution in [2.24, 2.45) is 0 Å². The smallest absolute Gasteiger partial charge is 0.196 e. The van der Waals surface area contributed by atoms with Crippen LogP contribution >= 0.6 is 7.92 Å². The van der Waals surface area contributed by atoms with E-state index in [1.807, 2.05) is 41.5 Å². The lowest BCUT2D eigenvalue weighted by molar-refractivity contribution is 0.431. The van der Waals surface area contributed by atoms with Gasteiger partial charge in [0.15, 0.2) is 23.3 Å². The van der Waals surface area contributed by atoms with Gasteiger partial charge >= 0.3 is 0 Å². The molecule has 0 atom stereocenters. The van der Waals surface area contributed by atoms with Crippen LogP contribution in [0, 0.1) is 23.3 Å². The number of aromatic nitrogens is 2. The van der Waals surface area contributed by atoms with E-state index in [1.54, 1.807) is 0 Å². The number of hydrogen-bond acceptors (Lipinski definition) is 1. The molecule has 0 saturated carbocycles. The molecule has 0 unspecified atom stereocenters. The summed E-state index contributed by atoms with van der Waals surface area (Å²) < 4.78 is 56.5. The lowest BCUT2D eigenvalue weighted by atomic mass is 10.2. The molecule has 2 aromatic rings. The Morgan fingerprint density at radius 3 is 1.92 bits per heavy atom. The summed E-state index contributed by atoms with van der Waals surface area (Å²) in [5.74, 6) is -5.96. The summed E-state index contributed by atoms with van der Waals surface area (Å²) >= 11 is 0. The molecule has 1 aromatic heterocycles. The zero-order valence-corrected chi connectivity index (χ0v) is 15.5. The van der Waals surface area contributed by atoms with Crippen molar-refractivity contribution in [2.75, 3.05) is 0 Å². The minimum absolute atomic E-state index is 0.206. The monoisotopic (exact) mass is 360 g/mol. The van der Waals surface area contributed by atoms with Crippen molar-refractivity contribution in [3.63, 3.8) is 0 Å². The first kappa shape index (κ1) is 18.9. The summed E-state index contributed by atoms with van der Waals surface area (Å²) in [6.45, 7) is 12.2. The quantitative estimate of drug-likeness (QED) is 0.314. The molecule has 2 rings (SSSR count). The SMILES string of the molecule is CC(C)(C)P(c1nccn1-c1c(F)cc(F)c(F)c1F)C(C)(C)C. The maximum Gasteiger partial charge on any atom is 0.196 e. The van der Waals surface area contributed by atoms with Crippen LogP contribution in [-0.4, -0.2) is 19.9 Å². The molecule has 0 fully saturated rings. The van der Waals surface area contributed by atoms with Gasteiger partial charge in [0.25, 0.3) is 0 Å². The van der Waals surface area contributed by atoms with Gasteiger partial charge in [-0.2, -0.15) is 0 Å². The summed E-state index contributed by atoms with van der Waals surface area (Å²) in [6.07, 6.45) is 2.79. The highest BCUT2D eigenvalue weighted by Gasteiger charge is 2.39. The predicted molar refractivity (Wildman–Crippen MR) is 89.5 cm³/mol. The van der Waals surface area contributed by atoms with E-state index in [9.17, 15) is 17.6 Å². The maximum atomic E-state index is 14.2. The van der Waals surface area contributed by atoms with E-state index in [0.717, 1.165) is 0 Å². The van der Waals surface area contributed by atoms with Crippen LogP contribution in [0.1, 0.15) is 41.5 Å². The van der Waals surface area contributed by atoms with Crippen LogP contribution in [0.5, 0.6) is 0 Å². The molecule has 7 heteroatoms. The molecule has 24 heavy (non-hydrogen) atoms. The molecular weight excluding hydrogens is 339 g/mol. The van der Waals surface area contributed by atoms with Gasteiger partial charge in [0.1, 0.15) is 11.3 Å². The van der Waals surface area contributed by atoms with Crippen LogP contribution in [0.15, 0.2) is 18.5 Å². The first-order chi connectivity index (χ1) is 10.9. The first-order valence-corrected chi connectivity index (χ1v) is 8.87. The molecular formula is C17H21F4N2P. The topological polar surface area (TPSA) is 17.8 Å². The fourth-order valence-corrected chi connectivity index (χ4v) is 6.80. The lowest BCUT2D eigenvalue weighted by Crippen LogP contribution is -2.35. The molecule has 0 N–H and O–H groups in total. The van der Waals surface area contributed by atoms with Crippen molar-refractivity contribution >= 4 is 13.5 Å². The summed E-state index contributed by atoms with van der Waals surface area (Å²) in [4.78, 5) is 4.30. The Hall–Kier alpha value is -1.42. The van der Waals surface area contributed by atoms with Gasteiger partial charge in [0.2, 0.25) is 0 Å². The van der Waals surface area contributed by atoms with E-state index in [1.165, 1.54) is 17.0 Å². The standard InChI is InChI=1S/C17H21F4N2P/c1-16(2,3)24(17(4,5)6)15-22-7-8-23(15)14-11(19)9-10(18)12(20)13(14)21/h7-9H,1-6H3. The van der Waals surface area contributed by atoms with Crippen LogP contribution in [-0.2, 0) is 0 Å². The van der Waals surface area contributed by atoms with Crippen molar-refractivity contribution in [2.45, 2.75) is 51.9 Å². The first-order valence-electron chi connectivity index (χ1n) is 7.52. The van der Waals surface area contributed by atoms with E-state index in [2.05, 4.69) is 4.98 Å². The van der Waals surface area contributed by atoms with Crippen molar-refractivity contribution in [3.8, 4) is 5.69 Å². The fraction of sp³-hybridized carbons (Fsp3) is 0.471. The van der Waals surface area contributed by atoms with Gasteiger partial charge < -0.3 is 0 Å². The van der Waals surface area contributed by atoms with Crippen molar-refractivity contribution in [3.05, 3.63) is 41.7 Å². The van der Waals surface area contributed by atoms with Crippen LogP contribution < -0.4 is 5.57 Å². The van der Waals surface area contributed by atoms with Crippen molar-refractivity contribution in [1.29, 1.82) is 0 Å². The maximum absolute atomic E-state index is 14.2. The third-order valence-electron chi connectivity index (χ3n) is 3.49. The summed E-state index contributed by atoms with van der Waals surface area (Å²) in [5.41, 5.74) is -0.170. The molecule has 0 amide bonds. The van der Waals surface area contributed by atoms with E-state index < -0.39 is 36.9 Å². The van der Waals surface area contributed by atoms with Crippen LogP contribution in [0.3, 0.4) is 0 Å². The van der Waals surface area contributed by atoms with Gasteiger partial charge in [-0.3, -0.25) is 4.57 Å². The fourth-order valence-electron chi connectivity index (χ4n) is 3.02. The Kier molecular flexibility index (Phi) is 4.84. The third-order valence-corrected chi connectivity index (χ3v) is 6.91. The number of imidazole rings is 1. The van der Waals surface area contributed by atoms with E-state index in [0.29, 0.717) is 11.6 Å². The van der Waals surface area contributed by atoms with E-state index in [-0.39, 0.29) is 10.3 Å². The minimum Gasteiger partial charge on any atom is -0.295 e. The number of rotatable bonds is 2. The normalized spacial score (nSPS) is 13.0. The van der Waals surface area contributed by atoms with Crippen LogP contribution in [0.4, 0.5) is 17.6 Å². The molecule has 132 valence electrons. The molecule has 0 bridgehead atoms. The number of halogens is 4. The summed E-state index contributed by atoms with van der Waals surface area (Å²) in [6, 6.07) is 0.355. The minimum atomic E-state index is -1.69. The highest BCUT2D eigenvalue weighted by atomic mass is 31.1. The Bertz CT molecular complexity index is 743. The summed E-state index contributed by atoms with van der Waals surface area (Å²) in [7, 11) is -0.985. The molecule has 0 aliphatic rings. The molecule has 0 spiro atoms. The second kappa shape index (κ2) is 6.14. The average Bonchev–Trinajstić information content (AvgIpc) is 2.81. The van der Waals surface area contributed by atoms with Gasteiger partial charge in [0.05, 0.1) is 0 Å². The number of nitrogens with zero attached hydrogens (tertiary/aromatic N) is 2. The molecule has 1 heterocycles. The highest BCUT2D eigenvalue weighted by Crippen LogP contribution is 2.58. The second-order valence-corrected chi connectivity index (χ2v) is 11.3. The largest absolute Gasteiger partial charge is 0.295 e. The van der Waals surface area contributed by atoms with Gasteiger partial charge in [0, 0.05) is 18.5 Å². The zero-order valence-electron chi connectivity index (χ0n) is 14.6. The summed E-state index contributed by atoms with van der Waals surface area (Å²) in [5, 5.41) is -0.412. The Balaban J connectivity index is 2.75. The van der Waals surface area contributed by atoms with Crippen molar-refractivity contribution in [1.82, 2.24) is 9.55 Å². The Labute approximate surface area is 140 Å². The zero-order chi connectivity index (χ0) is 18.4. The molecule has 0 saturated heterocycles. The highest BCUT2D eigenvalue weighted by molar-refractivity contribution is 7.68. The third kappa shape index (κ3) is 3.34. The van der Waals surface area contributed by atoms with Gasteiger partial charge in [-0.05, 0) is 18.2 Å². The molecule has 0 aliphatic heterocycles. The van der Waals surface area contributed by atoms with Gasteiger partial charge in [-0.25, -0.2) is 22.5 Å². The molecule has 1 aromatic carbocycles. The van der Waals surface area contributed by atoms with E-state index >= 15 is 0 Å². The Morgan fingerprint density at radius 1 is 0.875 bits per heavy atom. The van der Waals surface area contributed by atoms with E-state index in [4.69, 9.17) is 0 Å². The number of benzene rings is 1. The van der Waals surface area contributed by atoms with Crippen LogP contribution in [0.2, 0.25) is 0 Å². The lowest BCUT2D eigenvalue weighted by Gasteiger charge is -2.40. The second-order valence-electron chi connectivity index (χ2n) is 7.59. The van der Waals surface area contributed by atoms with Crippen LogP contribution in [0.25, 0.3) is 5.69 Å². The number of hydrogen-bond donors (Lipinski definition) is 0. The Morgan fingerprint density at radius 2 is 1.42 bits per heavy atom. The molecule has 0 radical (unpaired) electrons. The molecule has 0 aliphatic carbocycles. The van der Waals surface area contributed by atoms with Gasteiger partial charge in [-0.1, -0.05) is 41.5 Å². The van der Waals surface area contributed by atoms with Gasteiger partial charge in [-0.15, -0.1) is 0 Å². The predicted octanol–water partition coefficient (Wildman–Crippen LogP) is 5.13. The average molecular weight is 360 g/mol. The molecule has 2 nitrogen and oxygen atoms in total.